The largest absolute Gasteiger partial charge is 0.417 e. The molecular formula is C11H9F3N2OS. The lowest BCUT2D eigenvalue weighted by molar-refractivity contribution is -0.137. The van der Waals surface area contributed by atoms with Crippen LogP contribution in [-0.2, 0) is 11.0 Å². The number of hydrogen-bond acceptors (Lipinski definition) is 3. The zero-order chi connectivity index (χ0) is 13.8. The highest BCUT2D eigenvalue weighted by atomic mass is 32.2. The van der Waals surface area contributed by atoms with Crippen molar-refractivity contribution in [1.29, 1.82) is 5.26 Å². The molecule has 0 fully saturated rings. The number of anilines is 1. The van der Waals surface area contributed by atoms with E-state index in [-0.39, 0.29) is 17.3 Å². The van der Waals surface area contributed by atoms with Crippen molar-refractivity contribution in [3.63, 3.8) is 0 Å². The van der Waals surface area contributed by atoms with Crippen LogP contribution in [-0.4, -0.2) is 17.9 Å². The van der Waals surface area contributed by atoms with E-state index < -0.39 is 17.3 Å². The van der Waals surface area contributed by atoms with Crippen molar-refractivity contribution < 1.29 is 18.0 Å². The Morgan fingerprint density at radius 3 is 2.67 bits per heavy atom. The molecule has 0 bridgehead atoms. The number of nitrogens with one attached hydrogen (secondary N) is 1. The highest BCUT2D eigenvalue weighted by Crippen LogP contribution is 2.33. The molecule has 1 rings (SSSR count). The van der Waals surface area contributed by atoms with Gasteiger partial charge in [0.1, 0.15) is 0 Å². The van der Waals surface area contributed by atoms with E-state index in [1.54, 1.807) is 6.26 Å². The number of rotatable bonds is 3. The fraction of sp³-hybridized carbons (Fsp3) is 0.273. The summed E-state index contributed by atoms with van der Waals surface area (Å²) in [6.07, 6.45) is -2.91. The third-order valence-electron chi connectivity index (χ3n) is 2.00. The van der Waals surface area contributed by atoms with Gasteiger partial charge in [-0.05, 0) is 24.5 Å². The lowest BCUT2D eigenvalue weighted by Crippen LogP contribution is -2.15. The molecule has 0 aromatic heterocycles. The van der Waals surface area contributed by atoms with E-state index in [0.29, 0.717) is 0 Å². The number of thioether (sulfide) groups is 1. The molecule has 0 atom stereocenters. The Balaban J connectivity index is 3.05. The van der Waals surface area contributed by atoms with Crippen LogP contribution in [0.25, 0.3) is 0 Å². The molecule has 18 heavy (non-hydrogen) atoms. The summed E-state index contributed by atoms with van der Waals surface area (Å²) in [7, 11) is 0. The minimum Gasteiger partial charge on any atom is -0.325 e. The number of alkyl halides is 3. The molecular weight excluding hydrogens is 265 g/mol. The van der Waals surface area contributed by atoms with E-state index in [1.165, 1.54) is 23.9 Å². The second-order valence-electron chi connectivity index (χ2n) is 3.35. The first-order valence-electron chi connectivity index (χ1n) is 4.78. The Morgan fingerprint density at radius 2 is 2.17 bits per heavy atom. The Labute approximate surface area is 106 Å². The molecule has 3 nitrogen and oxygen atoms in total. The zero-order valence-corrected chi connectivity index (χ0v) is 10.2. The molecule has 0 radical (unpaired) electrons. The summed E-state index contributed by atoms with van der Waals surface area (Å²) in [6, 6.07) is 4.54. The van der Waals surface area contributed by atoms with Crippen LogP contribution >= 0.6 is 11.8 Å². The van der Waals surface area contributed by atoms with Crippen molar-refractivity contribution in [3.05, 3.63) is 29.3 Å². The van der Waals surface area contributed by atoms with Gasteiger partial charge in [-0.1, -0.05) is 0 Å². The van der Waals surface area contributed by atoms with Gasteiger partial charge in [-0.3, -0.25) is 4.79 Å². The summed E-state index contributed by atoms with van der Waals surface area (Å²) in [5.74, 6) is -0.234. The monoisotopic (exact) mass is 274 g/mol. The average molecular weight is 274 g/mol. The number of hydrogen-bond donors (Lipinski definition) is 1. The molecule has 0 saturated carbocycles. The van der Waals surface area contributed by atoms with Crippen molar-refractivity contribution in [2.75, 3.05) is 17.3 Å². The number of halogens is 3. The van der Waals surface area contributed by atoms with Gasteiger partial charge in [-0.15, -0.1) is 0 Å². The lowest BCUT2D eigenvalue weighted by Gasteiger charge is -2.11. The fourth-order valence-corrected chi connectivity index (χ4v) is 1.62. The molecule has 0 aliphatic rings. The number of nitriles is 1. The first-order chi connectivity index (χ1) is 8.38. The van der Waals surface area contributed by atoms with Gasteiger partial charge in [0.05, 0.1) is 22.9 Å². The van der Waals surface area contributed by atoms with E-state index in [2.05, 4.69) is 5.32 Å². The molecule has 0 aliphatic carbocycles. The molecule has 0 aliphatic heterocycles. The average Bonchev–Trinajstić information content (AvgIpc) is 2.28. The van der Waals surface area contributed by atoms with E-state index in [4.69, 9.17) is 5.26 Å². The van der Waals surface area contributed by atoms with Gasteiger partial charge in [0.15, 0.2) is 0 Å². The molecule has 0 unspecified atom stereocenters. The van der Waals surface area contributed by atoms with E-state index in [9.17, 15) is 18.0 Å². The first-order valence-corrected chi connectivity index (χ1v) is 6.18. The third-order valence-corrected chi connectivity index (χ3v) is 2.56. The molecule has 0 saturated heterocycles. The zero-order valence-electron chi connectivity index (χ0n) is 9.34. The first kappa shape index (κ1) is 14.4. The highest BCUT2D eigenvalue weighted by molar-refractivity contribution is 7.99. The number of benzene rings is 1. The standard InChI is InChI=1S/C11H9F3N2OS/c1-18-6-10(17)16-8-3-2-7(5-15)9(4-8)11(12,13)14/h2-4H,6H2,1H3,(H,16,17). The molecule has 1 aromatic carbocycles. The van der Waals surface area contributed by atoms with E-state index in [1.807, 2.05) is 0 Å². The molecule has 1 amide bonds. The van der Waals surface area contributed by atoms with Gasteiger partial charge in [-0.25, -0.2) is 0 Å². The van der Waals surface area contributed by atoms with Crippen LogP contribution in [0, 0.1) is 11.3 Å². The second kappa shape index (κ2) is 5.78. The maximum absolute atomic E-state index is 12.6. The van der Waals surface area contributed by atoms with Crippen molar-refractivity contribution in [2.24, 2.45) is 0 Å². The van der Waals surface area contributed by atoms with Gasteiger partial charge in [0.25, 0.3) is 0 Å². The summed E-state index contributed by atoms with van der Waals surface area (Å²) >= 11 is 1.26. The Hall–Kier alpha value is -1.68. The van der Waals surface area contributed by atoms with Gasteiger partial charge >= 0.3 is 6.18 Å². The topological polar surface area (TPSA) is 52.9 Å². The Bertz CT molecular complexity index is 494. The van der Waals surface area contributed by atoms with Crippen molar-refractivity contribution in [2.45, 2.75) is 6.18 Å². The SMILES string of the molecule is CSCC(=O)Nc1ccc(C#N)c(C(F)(F)F)c1. The normalized spacial score (nSPS) is 10.8. The molecule has 96 valence electrons. The molecule has 1 N–H and O–H groups in total. The van der Waals surface area contributed by atoms with Crippen molar-refractivity contribution >= 4 is 23.4 Å². The highest BCUT2D eigenvalue weighted by Gasteiger charge is 2.33. The Kier molecular flexibility index (Phi) is 4.62. The van der Waals surface area contributed by atoms with Crippen LogP contribution in [0.5, 0.6) is 0 Å². The van der Waals surface area contributed by atoms with Crippen LogP contribution in [0.15, 0.2) is 18.2 Å². The van der Waals surface area contributed by atoms with E-state index in [0.717, 1.165) is 12.1 Å². The minimum atomic E-state index is -4.62. The van der Waals surface area contributed by atoms with Crippen LogP contribution < -0.4 is 5.32 Å². The fourth-order valence-electron chi connectivity index (χ4n) is 1.28. The predicted molar refractivity (Wildman–Crippen MR) is 63.2 cm³/mol. The van der Waals surface area contributed by atoms with Crippen LogP contribution in [0.2, 0.25) is 0 Å². The van der Waals surface area contributed by atoms with Crippen LogP contribution in [0.3, 0.4) is 0 Å². The molecule has 1 aromatic rings. The number of carbonyl (C=O) groups excluding carboxylic acids is 1. The minimum absolute atomic E-state index is 0.0281. The Morgan fingerprint density at radius 1 is 1.50 bits per heavy atom. The van der Waals surface area contributed by atoms with Crippen LogP contribution in [0.1, 0.15) is 11.1 Å². The quantitative estimate of drug-likeness (QED) is 0.922. The van der Waals surface area contributed by atoms with Crippen LogP contribution in [0.4, 0.5) is 18.9 Å². The summed E-state index contributed by atoms with van der Waals surface area (Å²) in [5.41, 5.74) is -1.49. The second-order valence-corrected chi connectivity index (χ2v) is 4.22. The van der Waals surface area contributed by atoms with Crippen molar-refractivity contribution in [3.8, 4) is 6.07 Å². The van der Waals surface area contributed by atoms with Gasteiger partial charge in [-0.2, -0.15) is 30.2 Å². The predicted octanol–water partition coefficient (Wildman–Crippen LogP) is 2.88. The van der Waals surface area contributed by atoms with Gasteiger partial charge < -0.3 is 5.32 Å². The lowest BCUT2D eigenvalue weighted by atomic mass is 10.1. The third kappa shape index (κ3) is 3.67. The van der Waals surface area contributed by atoms with E-state index >= 15 is 0 Å². The summed E-state index contributed by atoms with van der Waals surface area (Å²) in [5, 5.41) is 10.9. The van der Waals surface area contributed by atoms with Gasteiger partial charge in [0.2, 0.25) is 5.91 Å². The smallest absolute Gasteiger partial charge is 0.325 e. The maximum atomic E-state index is 12.6. The number of carbonyl (C=O) groups is 1. The summed E-state index contributed by atoms with van der Waals surface area (Å²) in [6.45, 7) is 0. The molecule has 0 spiro atoms. The van der Waals surface area contributed by atoms with Crippen molar-refractivity contribution in [1.82, 2.24) is 0 Å². The van der Waals surface area contributed by atoms with Gasteiger partial charge in [0, 0.05) is 5.69 Å². The summed E-state index contributed by atoms with van der Waals surface area (Å²) < 4.78 is 37.9. The molecule has 0 heterocycles. The number of amides is 1. The molecule has 7 heteroatoms. The summed E-state index contributed by atoms with van der Waals surface area (Å²) in [4.78, 5) is 11.2. The number of nitrogens with zero attached hydrogens (tertiary/aromatic N) is 1. The maximum Gasteiger partial charge on any atom is 0.417 e.